The molecule has 3 nitrogen and oxygen atoms in total. The molecule has 0 saturated carbocycles. The number of rotatable bonds is 3. The zero-order chi connectivity index (χ0) is 14.1. The molecule has 0 unspecified atom stereocenters. The van der Waals surface area contributed by atoms with E-state index >= 15 is 0 Å². The number of hydrogen-bond donors (Lipinski definition) is 2. The molecule has 0 aliphatic heterocycles. The molecule has 1 aliphatic carbocycles. The lowest BCUT2D eigenvalue weighted by Gasteiger charge is -2.06. The maximum Gasteiger partial charge on any atom is 0.187 e. The Kier molecular flexibility index (Phi) is 3.67. The van der Waals surface area contributed by atoms with Crippen LogP contribution in [0.3, 0.4) is 0 Å². The van der Waals surface area contributed by atoms with E-state index in [0.717, 1.165) is 23.7 Å². The van der Waals surface area contributed by atoms with E-state index in [1.54, 1.807) is 23.5 Å². The minimum Gasteiger partial charge on any atom is -0.389 e. The molecule has 0 fully saturated rings. The van der Waals surface area contributed by atoms with Crippen molar-refractivity contribution in [1.29, 1.82) is 0 Å². The predicted octanol–water partition coefficient (Wildman–Crippen LogP) is 3.54. The summed E-state index contributed by atoms with van der Waals surface area (Å²) in [5, 5.41) is 3.79. The van der Waals surface area contributed by atoms with Crippen LogP contribution in [0.25, 0.3) is 0 Å². The van der Waals surface area contributed by atoms with E-state index in [1.165, 1.54) is 23.8 Å². The van der Waals surface area contributed by atoms with Crippen LogP contribution in [0.5, 0.6) is 0 Å². The number of benzene rings is 1. The van der Waals surface area contributed by atoms with Gasteiger partial charge in [0, 0.05) is 10.4 Å². The van der Waals surface area contributed by atoms with Gasteiger partial charge in [-0.15, -0.1) is 11.3 Å². The molecule has 0 spiro atoms. The van der Waals surface area contributed by atoms with Crippen molar-refractivity contribution in [3.05, 3.63) is 40.2 Å². The normalized spacial score (nSPS) is 13.8. The minimum absolute atomic E-state index is 0.195. The molecule has 104 valence electrons. The highest BCUT2D eigenvalue weighted by Gasteiger charge is 2.16. The Morgan fingerprint density at radius 2 is 2.15 bits per heavy atom. The van der Waals surface area contributed by atoms with Crippen LogP contribution < -0.4 is 11.1 Å². The number of thiazole rings is 1. The Labute approximate surface area is 126 Å². The van der Waals surface area contributed by atoms with Crippen molar-refractivity contribution in [2.75, 3.05) is 5.32 Å². The standard InChI is InChI=1S/C14H14FN3S2/c15-9-7-8(13(16)19)5-6-10(9)17-14-18-11-3-1-2-4-12(11)20-14/h5-7H,1-4H2,(H2,16,19)(H,17,18). The Balaban J connectivity index is 1.84. The lowest BCUT2D eigenvalue weighted by atomic mass is 10.0. The molecule has 0 bridgehead atoms. The Bertz CT molecular complexity index is 643. The third kappa shape index (κ3) is 2.66. The highest BCUT2D eigenvalue weighted by atomic mass is 32.1. The van der Waals surface area contributed by atoms with Crippen molar-refractivity contribution in [3.63, 3.8) is 0 Å². The molecule has 0 saturated heterocycles. The largest absolute Gasteiger partial charge is 0.389 e. The number of thiocarbonyl (C=S) groups is 1. The molecule has 0 radical (unpaired) electrons. The van der Waals surface area contributed by atoms with Gasteiger partial charge in [-0.05, 0) is 43.9 Å². The first-order valence-electron chi connectivity index (χ1n) is 6.48. The molecule has 2 aromatic rings. The first kappa shape index (κ1) is 13.5. The number of halogens is 1. The summed E-state index contributed by atoms with van der Waals surface area (Å²) in [6, 6.07) is 4.70. The van der Waals surface area contributed by atoms with Gasteiger partial charge in [-0.1, -0.05) is 12.2 Å². The number of aryl methyl sites for hydroxylation is 2. The maximum atomic E-state index is 14.0. The second-order valence-electron chi connectivity index (χ2n) is 4.78. The van der Waals surface area contributed by atoms with Crippen LogP contribution in [0.1, 0.15) is 29.0 Å². The SMILES string of the molecule is NC(=S)c1ccc(Nc2nc3c(s2)CCCC3)c(F)c1. The van der Waals surface area contributed by atoms with Crippen LogP contribution in [0.4, 0.5) is 15.2 Å². The Hall–Kier alpha value is -1.53. The minimum atomic E-state index is -0.372. The molecule has 0 atom stereocenters. The van der Waals surface area contributed by atoms with Gasteiger partial charge in [0.05, 0.1) is 11.4 Å². The summed E-state index contributed by atoms with van der Waals surface area (Å²) >= 11 is 6.44. The summed E-state index contributed by atoms with van der Waals surface area (Å²) in [7, 11) is 0. The van der Waals surface area contributed by atoms with Crippen LogP contribution in [0.2, 0.25) is 0 Å². The molecule has 3 rings (SSSR count). The van der Waals surface area contributed by atoms with Crippen LogP contribution in [0, 0.1) is 5.82 Å². The van der Waals surface area contributed by atoms with Crippen molar-refractivity contribution in [3.8, 4) is 0 Å². The number of hydrogen-bond acceptors (Lipinski definition) is 4. The molecule has 1 aromatic heterocycles. The van der Waals surface area contributed by atoms with E-state index < -0.39 is 0 Å². The van der Waals surface area contributed by atoms with Gasteiger partial charge in [-0.3, -0.25) is 0 Å². The Morgan fingerprint density at radius 1 is 1.35 bits per heavy atom. The maximum absolute atomic E-state index is 14.0. The van der Waals surface area contributed by atoms with Crippen molar-refractivity contribution in [1.82, 2.24) is 4.98 Å². The third-order valence-electron chi connectivity index (χ3n) is 3.34. The van der Waals surface area contributed by atoms with Gasteiger partial charge in [0.1, 0.15) is 10.8 Å². The molecular formula is C14H14FN3S2. The number of nitrogens with zero attached hydrogens (tertiary/aromatic N) is 1. The summed E-state index contributed by atoms with van der Waals surface area (Å²) in [6.07, 6.45) is 4.51. The van der Waals surface area contributed by atoms with Crippen LogP contribution in [-0.4, -0.2) is 9.97 Å². The van der Waals surface area contributed by atoms with E-state index in [0.29, 0.717) is 11.3 Å². The van der Waals surface area contributed by atoms with Crippen molar-refractivity contribution < 1.29 is 4.39 Å². The van der Waals surface area contributed by atoms with Crippen LogP contribution in [0.15, 0.2) is 18.2 Å². The summed E-state index contributed by atoms with van der Waals surface area (Å²) in [5.74, 6) is -0.372. The summed E-state index contributed by atoms with van der Waals surface area (Å²) < 4.78 is 14.0. The van der Waals surface area contributed by atoms with Gasteiger partial charge >= 0.3 is 0 Å². The number of fused-ring (bicyclic) bond motifs is 1. The van der Waals surface area contributed by atoms with Gasteiger partial charge in [-0.2, -0.15) is 0 Å². The molecule has 1 heterocycles. The van der Waals surface area contributed by atoms with Gasteiger partial charge in [0.2, 0.25) is 0 Å². The van der Waals surface area contributed by atoms with Crippen LogP contribution >= 0.6 is 23.6 Å². The number of aromatic nitrogens is 1. The fourth-order valence-electron chi connectivity index (χ4n) is 2.29. The number of nitrogens with one attached hydrogen (secondary N) is 1. The monoisotopic (exact) mass is 307 g/mol. The van der Waals surface area contributed by atoms with E-state index in [9.17, 15) is 4.39 Å². The lowest BCUT2D eigenvalue weighted by Crippen LogP contribution is -2.09. The highest BCUT2D eigenvalue weighted by Crippen LogP contribution is 2.31. The van der Waals surface area contributed by atoms with Gasteiger partial charge in [0.25, 0.3) is 0 Å². The molecule has 0 amide bonds. The van der Waals surface area contributed by atoms with E-state index in [2.05, 4.69) is 10.3 Å². The topological polar surface area (TPSA) is 50.9 Å². The quantitative estimate of drug-likeness (QED) is 0.852. The first-order chi connectivity index (χ1) is 9.63. The zero-order valence-electron chi connectivity index (χ0n) is 10.8. The van der Waals surface area contributed by atoms with Crippen LogP contribution in [-0.2, 0) is 12.8 Å². The molecular weight excluding hydrogens is 293 g/mol. The average Bonchev–Trinajstić information content (AvgIpc) is 2.83. The molecule has 3 N–H and O–H groups in total. The van der Waals surface area contributed by atoms with E-state index in [1.807, 2.05) is 0 Å². The number of anilines is 2. The molecule has 1 aromatic carbocycles. The van der Waals surface area contributed by atoms with E-state index in [-0.39, 0.29) is 10.8 Å². The fourth-order valence-corrected chi connectivity index (χ4v) is 3.48. The second-order valence-corrected chi connectivity index (χ2v) is 6.30. The van der Waals surface area contributed by atoms with E-state index in [4.69, 9.17) is 18.0 Å². The predicted molar refractivity (Wildman–Crippen MR) is 84.3 cm³/mol. The van der Waals surface area contributed by atoms with Gasteiger partial charge < -0.3 is 11.1 Å². The lowest BCUT2D eigenvalue weighted by molar-refractivity contribution is 0.631. The summed E-state index contributed by atoms with van der Waals surface area (Å²) in [4.78, 5) is 6.05. The smallest absolute Gasteiger partial charge is 0.187 e. The average molecular weight is 307 g/mol. The highest BCUT2D eigenvalue weighted by molar-refractivity contribution is 7.80. The van der Waals surface area contributed by atoms with Crippen molar-refractivity contribution in [2.45, 2.75) is 25.7 Å². The van der Waals surface area contributed by atoms with Crippen molar-refractivity contribution in [2.24, 2.45) is 5.73 Å². The molecule has 1 aliphatic rings. The summed E-state index contributed by atoms with van der Waals surface area (Å²) in [6.45, 7) is 0. The number of nitrogens with two attached hydrogens (primary N) is 1. The van der Waals surface area contributed by atoms with Gasteiger partial charge in [0.15, 0.2) is 5.13 Å². The summed E-state index contributed by atoms with van der Waals surface area (Å²) in [5.41, 5.74) is 7.57. The second kappa shape index (κ2) is 5.46. The third-order valence-corrected chi connectivity index (χ3v) is 4.65. The fraction of sp³-hybridized carbons (Fsp3) is 0.286. The molecule has 20 heavy (non-hydrogen) atoms. The first-order valence-corrected chi connectivity index (χ1v) is 7.71. The van der Waals surface area contributed by atoms with Crippen molar-refractivity contribution >= 4 is 39.4 Å². The molecule has 6 heteroatoms. The zero-order valence-corrected chi connectivity index (χ0v) is 12.4. The Morgan fingerprint density at radius 3 is 2.85 bits per heavy atom. The van der Waals surface area contributed by atoms with Gasteiger partial charge in [-0.25, -0.2) is 9.37 Å².